The summed E-state index contributed by atoms with van der Waals surface area (Å²) in [5.41, 5.74) is 0.457. The number of hydrogen-bond acceptors (Lipinski definition) is 3. The van der Waals surface area contributed by atoms with Gasteiger partial charge >= 0.3 is 0 Å². The minimum Gasteiger partial charge on any atom is -0.467 e. The van der Waals surface area contributed by atoms with E-state index in [0.29, 0.717) is 25.9 Å². The molecule has 0 spiro atoms. The van der Waals surface area contributed by atoms with Gasteiger partial charge in [-0.2, -0.15) is 0 Å². The quantitative estimate of drug-likeness (QED) is 0.781. The SMILES string of the molecule is CC(=O)N1CCC23NC(=O)CC(c4ccccc4O2)C3C1. The van der Waals surface area contributed by atoms with Crippen LogP contribution >= 0.6 is 0 Å². The number of likely N-dealkylation sites (tertiary alicyclic amines) is 1. The molecule has 1 aromatic carbocycles. The molecule has 0 saturated carbocycles. The summed E-state index contributed by atoms with van der Waals surface area (Å²) in [7, 11) is 0. The Morgan fingerprint density at radius 2 is 2.24 bits per heavy atom. The second-order valence-corrected chi connectivity index (χ2v) is 6.21. The van der Waals surface area contributed by atoms with Gasteiger partial charge in [0.1, 0.15) is 5.75 Å². The van der Waals surface area contributed by atoms with Gasteiger partial charge in [0.05, 0.1) is 0 Å². The molecule has 3 aliphatic rings. The number of para-hydroxylation sites is 1. The highest BCUT2D eigenvalue weighted by Gasteiger charge is 2.57. The molecule has 0 radical (unpaired) electrons. The van der Waals surface area contributed by atoms with Crippen molar-refractivity contribution in [3.8, 4) is 5.75 Å². The fourth-order valence-corrected chi connectivity index (χ4v) is 4.04. The maximum atomic E-state index is 12.1. The summed E-state index contributed by atoms with van der Waals surface area (Å²) in [6.45, 7) is 2.87. The molecule has 3 aliphatic heterocycles. The second-order valence-electron chi connectivity index (χ2n) is 6.21. The Kier molecular flexibility index (Phi) is 2.55. The molecular formula is C16H18N2O3. The first kappa shape index (κ1) is 12.7. The molecule has 110 valence electrons. The average Bonchev–Trinajstić information content (AvgIpc) is 2.45. The summed E-state index contributed by atoms with van der Waals surface area (Å²) < 4.78 is 6.22. The molecule has 5 heteroatoms. The molecule has 5 nitrogen and oxygen atoms in total. The first-order valence-corrected chi connectivity index (χ1v) is 7.43. The van der Waals surface area contributed by atoms with Gasteiger partial charge in [0, 0.05) is 44.7 Å². The molecule has 2 bridgehead atoms. The highest BCUT2D eigenvalue weighted by atomic mass is 16.5. The van der Waals surface area contributed by atoms with E-state index in [1.807, 2.05) is 29.2 Å². The molecular weight excluding hydrogens is 268 g/mol. The van der Waals surface area contributed by atoms with Gasteiger partial charge < -0.3 is 15.0 Å². The molecule has 0 aromatic heterocycles. The van der Waals surface area contributed by atoms with E-state index in [4.69, 9.17) is 4.74 Å². The minimum atomic E-state index is -0.639. The van der Waals surface area contributed by atoms with Crippen molar-refractivity contribution in [2.45, 2.75) is 31.4 Å². The fourth-order valence-electron chi connectivity index (χ4n) is 4.04. The van der Waals surface area contributed by atoms with Crippen molar-refractivity contribution in [2.24, 2.45) is 5.92 Å². The third-order valence-electron chi connectivity index (χ3n) is 5.07. The minimum absolute atomic E-state index is 0.0435. The number of fused-ring (bicyclic) bond motifs is 2. The monoisotopic (exact) mass is 286 g/mol. The molecule has 0 aliphatic carbocycles. The lowest BCUT2D eigenvalue weighted by Crippen LogP contribution is -2.70. The van der Waals surface area contributed by atoms with Crippen molar-refractivity contribution < 1.29 is 14.3 Å². The van der Waals surface area contributed by atoms with E-state index in [0.717, 1.165) is 11.3 Å². The van der Waals surface area contributed by atoms with Gasteiger partial charge in [-0.25, -0.2) is 0 Å². The van der Waals surface area contributed by atoms with Crippen molar-refractivity contribution >= 4 is 11.8 Å². The highest BCUT2D eigenvalue weighted by Crippen LogP contribution is 2.51. The summed E-state index contributed by atoms with van der Waals surface area (Å²) in [6, 6.07) is 7.94. The molecule has 3 unspecified atom stereocenters. The van der Waals surface area contributed by atoms with Gasteiger partial charge in [-0.05, 0) is 11.6 Å². The molecule has 1 aromatic rings. The molecule has 4 rings (SSSR count). The van der Waals surface area contributed by atoms with Gasteiger partial charge in [0.2, 0.25) is 11.8 Å². The van der Waals surface area contributed by atoms with Gasteiger partial charge in [-0.3, -0.25) is 9.59 Å². The summed E-state index contributed by atoms with van der Waals surface area (Å²) in [6.07, 6.45) is 1.12. The van der Waals surface area contributed by atoms with Crippen LogP contribution in [0.1, 0.15) is 31.2 Å². The molecule has 3 heterocycles. The van der Waals surface area contributed by atoms with Crippen LogP contribution in [0.25, 0.3) is 0 Å². The number of piperidine rings is 2. The predicted molar refractivity (Wildman–Crippen MR) is 75.7 cm³/mol. The third kappa shape index (κ3) is 1.76. The van der Waals surface area contributed by atoms with Crippen LogP contribution in [0, 0.1) is 5.92 Å². The summed E-state index contributed by atoms with van der Waals surface area (Å²) >= 11 is 0. The Labute approximate surface area is 123 Å². The first-order chi connectivity index (χ1) is 10.1. The van der Waals surface area contributed by atoms with E-state index in [2.05, 4.69) is 5.32 Å². The molecule has 1 N–H and O–H groups in total. The van der Waals surface area contributed by atoms with Crippen LogP contribution in [0.4, 0.5) is 0 Å². The van der Waals surface area contributed by atoms with E-state index < -0.39 is 5.72 Å². The number of nitrogens with one attached hydrogen (secondary N) is 1. The Morgan fingerprint density at radius 1 is 1.43 bits per heavy atom. The molecule has 2 fully saturated rings. The lowest BCUT2D eigenvalue weighted by Gasteiger charge is -2.55. The molecule has 2 amide bonds. The second kappa shape index (κ2) is 4.23. The van der Waals surface area contributed by atoms with Gasteiger partial charge in [0.15, 0.2) is 5.72 Å². The van der Waals surface area contributed by atoms with E-state index >= 15 is 0 Å². The standard InChI is InChI=1S/C16H18N2O3/c1-10(19)18-7-6-16-13(9-18)12(8-15(20)17-16)11-4-2-3-5-14(11)21-16/h2-5,12-13H,6-9H2,1H3,(H,17,20). The lowest BCUT2D eigenvalue weighted by atomic mass is 9.69. The van der Waals surface area contributed by atoms with Crippen molar-refractivity contribution in [1.29, 1.82) is 0 Å². The van der Waals surface area contributed by atoms with Crippen LogP contribution in [0.15, 0.2) is 24.3 Å². The summed E-state index contributed by atoms with van der Waals surface area (Å²) in [4.78, 5) is 25.6. The van der Waals surface area contributed by atoms with Crippen LogP contribution in [-0.4, -0.2) is 35.5 Å². The third-order valence-corrected chi connectivity index (χ3v) is 5.07. The van der Waals surface area contributed by atoms with Crippen LogP contribution in [0.2, 0.25) is 0 Å². The highest BCUT2D eigenvalue weighted by molar-refractivity contribution is 5.80. The largest absolute Gasteiger partial charge is 0.467 e. The van der Waals surface area contributed by atoms with Crippen molar-refractivity contribution in [2.75, 3.05) is 13.1 Å². The van der Waals surface area contributed by atoms with Crippen LogP contribution in [-0.2, 0) is 9.59 Å². The Hall–Kier alpha value is -2.04. The number of rotatable bonds is 0. The molecule has 21 heavy (non-hydrogen) atoms. The van der Waals surface area contributed by atoms with Crippen molar-refractivity contribution in [3.05, 3.63) is 29.8 Å². The fraction of sp³-hybridized carbons (Fsp3) is 0.500. The predicted octanol–water partition coefficient (Wildman–Crippen LogP) is 1.25. The van der Waals surface area contributed by atoms with Crippen LogP contribution in [0.5, 0.6) is 5.75 Å². The molecule has 3 atom stereocenters. The van der Waals surface area contributed by atoms with E-state index in [9.17, 15) is 9.59 Å². The van der Waals surface area contributed by atoms with E-state index in [-0.39, 0.29) is 23.7 Å². The number of ether oxygens (including phenoxy) is 1. The average molecular weight is 286 g/mol. The Morgan fingerprint density at radius 3 is 3.05 bits per heavy atom. The zero-order chi connectivity index (χ0) is 14.6. The number of carbonyl (C=O) groups is 2. The van der Waals surface area contributed by atoms with E-state index in [1.165, 1.54) is 0 Å². The summed E-state index contributed by atoms with van der Waals surface area (Å²) in [5.74, 6) is 1.26. The maximum absolute atomic E-state index is 12.1. The Balaban J connectivity index is 1.79. The normalized spacial score (nSPS) is 33.4. The van der Waals surface area contributed by atoms with Crippen molar-refractivity contribution in [3.63, 3.8) is 0 Å². The zero-order valence-corrected chi connectivity index (χ0v) is 12.0. The number of nitrogens with zero attached hydrogens (tertiary/aromatic N) is 1. The lowest BCUT2D eigenvalue weighted by molar-refractivity contribution is -0.158. The Bertz CT molecular complexity index is 630. The number of carbonyl (C=O) groups excluding carboxylic acids is 2. The van der Waals surface area contributed by atoms with Crippen LogP contribution < -0.4 is 10.1 Å². The number of amides is 2. The summed E-state index contributed by atoms with van der Waals surface area (Å²) in [5, 5.41) is 3.06. The zero-order valence-electron chi connectivity index (χ0n) is 12.0. The first-order valence-electron chi connectivity index (χ1n) is 7.43. The maximum Gasteiger partial charge on any atom is 0.223 e. The van der Waals surface area contributed by atoms with Crippen LogP contribution in [0.3, 0.4) is 0 Å². The smallest absolute Gasteiger partial charge is 0.223 e. The van der Waals surface area contributed by atoms with Gasteiger partial charge in [-0.15, -0.1) is 0 Å². The topological polar surface area (TPSA) is 58.6 Å². The van der Waals surface area contributed by atoms with Gasteiger partial charge in [0.25, 0.3) is 0 Å². The molecule has 2 saturated heterocycles. The van der Waals surface area contributed by atoms with Gasteiger partial charge in [-0.1, -0.05) is 18.2 Å². The number of benzene rings is 1. The van der Waals surface area contributed by atoms with E-state index in [1.54, 1.807) is 6.92 Å². The number of hydrogen-bond donors (Lipinski definition) is 1. The van der Waals surface area contributed by atoms with Crippen molar-refractivity contribution in [1.82, 2.24) is 10.2 Å².